The number of nitrogens with one attached hydrogen (secondary N) is 1. The summed E-state index contributed by atoms with van der Waals surface area (Å²) in [5, 5.41) is 3.04. The molecule has 1 atom stereocenters. The number of benzene rings is 3. The van der Waals surface area contributed by atoms with Crippen LogP contribution in [0.25, 0.3) is 10.9 Å². The number of fused-ring (bicyclic) bond motifs is 1. The van der Waals surface area contributed by atoms with Gasteiger partial charge in [0, 0.05) is 5.69 Å². The highest BCUT2D eigenvalue weighted by Gasteiger charge is 2.22. The van der Waals surface area contributed by atoms with Crippen LogP contribution in [0, 0.1) is 5.82 Å². The molecule has 31 heavy (non-hydrogen) atoms. The third-order valence-corrected chi connectivity index (χ3v) is 5.14. The van der Waals surface area contributed by atoms with Crippen molar-refractivity contribution in [1.82, 2.24) is 9.13 Å². The Morgan fingerprint density at radius 3 is 2.29 bits per heavy atom. The number of aromatic nitrogens is 2. The van der Waals surface area contributed by atoms with E-state index in [1.54, 1.807) is 31.2 Å². The highest BCUT2D eigenvalue weighted by Crippen LogP contribution is 2.16. The topological polar surface area (TPSA) is 73.1 Å². The second-order valence-corrected chi connectivity index (χ2v) is 7.22. The fraction of sp³-hybridized carbons (Fsp3) is 0.125. The quantitative estimate of drug-likeness (QED) is 0.540. The molecular weight excluding hydrogens is 397 g/mol. The molecule has 1 amide bonds. The predicted octanol–water partition coefficient (Wildman–Crippen LogP) is 3.55. The summed E-state index contributed by atoms with van der Waals surface area (Å²) < 4.78 is 15.6. The summed E-state index contributed by atoms with van der Waals surface area (Å²) >= 11 is 0. The first kappa shape index (κ1) is 20.3. The molecule has 0 bridgehead atoms. The SMILES string of the molecule is CC(C(=O)Nc1ccc(F)cc1)n1c(=O)n(Cc2ccccc2)c(=O)c2ccccc21. The Labute approximate surface area is 177 Å². The molecule has 4 aromatic rings. The summed E-state index contributed by atoms with van der Waals surface area (Å²) in [5.74, 6) is -0.870. The third-order valence-electron chi connectivity index (χ3n) is 5.14. The number of halogens is 1. The van der Waals surface area contributed by atoms with Crippen molar-refractivity contribution in [3.05, 3.63) is 111 Å². The summed E-state index contributed by atoms with van der Waals surface area (Å²) in [6.07, 6.45) is 0. The summed E-state index contributed by atoms with van der Waals surface area (Å²) in [7, 11) is 0. The minimum atomic E-state index is -0.912. The van der Waals surface area contributed by atoms with E-state index in [0.717, 1.165) is 10.1 Å². The maximum atomic E-state index is 13.3. The molecule has 0 spiro atoms. The van der Waals surface area contributed by atoms with E-state index in [1.165, 1.54) is 28.8 Å². The van der Waals surface area contributed by atoms with Gasteiger partial charge in [-0.25, -0.2) is 9.18 Å². The van der Waals surface area contributed by atoms with Crippen molar-refractivity contribution in [3.63, 3.8) is 0 Å². The highest BCUT2D eigenvalue weighted by molar-refractivity contribution is 5.94. The van der Waals surface area contributed by atoms with Gasteiger partial charge in [0.05, 0.1) is 17.4 Å². The first-order chi connectivity index (χ1) is 15.0. The van der Waals surface area contributed by atoms with Crippen LogP contribution >= 0.6 is 0 Å². The van der Waals surface area contributed by atoms with Gasteiger partial charge in [0.1, 0.15) is 11.9 Å². The van der Waals surface area contributed by atoms with E-state index in [-0.39, 0.29) is 6.54 Å². The minimum Gasteiger partial charge on any atom is -0.324 e. The highest BCUT2D eigenvalue weighted by atomic mass is 19.1. The van der Waals surface area contributed by atoms with Crippen LogP contribution in [-0.4, -0.2) is 15.0 Å². The Balaban J connectivity index is 1.80. The van der Waals surface area contributed by atoms with Gasteiger partial charge < -0.3 is 5.32 Å². The molecule has 0 saturated heterocycles. The van der Waals surface area contributed by atoms with Crippen molar-refractivity contribution in [1.29, 1.82) is 0 Å². The lowest BCUT2D eigenvalue weighted by Gasteiger charge is -2.19. The number of carbonyl (C=O) groups excluding carboxylic acids is 1. The van der Waals surface area contributed by atoms with Crippen molar-refractivity contribution < 1.29 is 9.18 Å². The molecule has 0 radical (unpaired) electrons. The number of hydrogen-bond acceptors (Lipinski definition) is 3. The zero-order valence-electron chi connectivity index (χ0n) is 16.8. The second-order valence-electron chi connectivity index (χ2n) is 7.22. The zero-order chi connectivity index (χ0) is 22.0. The summed E-state index contributed by atoms with van der Waals surface area (Å²) in [6, 6.07) is 20.3. The molecular formula is C24H20FN3O3. The Kier molecular flexibility index (Phi) is 5.49. The largest absolute Gasteiger partial charge is 0.332 e. The Bertz CT molecular complexity index is 1360. The van der Waals surface area contributed by atoms with Crippen LogP contribution in [0.4, 0.5) is 10.1 Å². The van der Waals surface area contributed by atoms with Gasteiger partial charge in [0.2, 0.25) is 5.91 Å². The van der Waals surface area contributed by atoms with Gasteiger partial charge in [-0.15, -0.1) is 0 Å². The van der Waals surface area contributed by atoms with E-state index in [2.05, 4.69) is 5.32 Å². The first-order valence-electron chi connectivity index (χ1n) is 9.80. The van der Waals surface area contributed by atoms with Crippen LogP contribution in [0.2, 0.25) is 0 Å². The smallest absolute Gasteiger partial charge is 0.324 e. The standard InChI is InChI=1S/C24H20FN3O3/c1-16(22(29)26-19-13-11-18(25)12-14-19)28-21-10-6-5-9-20(21)23(30)27(24(28)31)15-17-7-3-2-4-8-17/h2-14,16H,15H2,1H3,(H,26,29). The fourth-order valence-electron chi connectivity index (χ4n) is 3.51. The molecule has 4 rings (SSSR count). The molecule has 0 fully saturated rings. The van der Waals surface area contributed by atoms with Gasteiger partial charge >= 0.3 is 5.69 Å². The lowest BCUT2D eigenvalue weighted by atomic mass is 10.2. The number of carbonyl (C=O) groups is 1. The second kappa shape index (κ2) is 8.39. The van der Waals surface area contributed by atoms with E-state index in [1.807, 2.05) is 30.3 Å². The molecule has 1 N–H and O–H groups in total. The van der Waals surface area contributed by atoms with Crippen molar-refractivity contribution in [3.8, 4) is 0 Å². The number of anilines is 1. The van der Waals surface area contributed by atoms with Crippen LogP contribution < -0.4 is 16.6 Å². The molecule has 1 unspecified atom stereocenters. The molecule has 7 heteroatoms. The van der Waals surface area contributed by atoms with Crippen molar-refractivity contribution in [2.45, 2.75) is 19.5 Å². The molecule has 0 aliphatic carbocycles. The predicted molar refractivity (Wildman–Crippen MR) is 118 cm³/mol. The van der Waals surface area contributed by atoms with Crippen LogP contribution in [0.15, 0.2) is 88.5 Å². The van der Waals surface area contributed by atoms with E-state index < -0.39 is 29.0 Å². The van der Waals surface area contributed by atoms with E-state index in [0.29, 0.717) is 16.6 Å². The molecule has 1 aromatic heterocycles. The van der Waals surface area contributed by atoms with Gasteiger partial charge in [-0.3, -0.25) is 18.7 Å². The maximum absolute atomic E-state index is 13.3. The minimum absolute atomic E-state index is 0.0929. The van der Waals surface area contributed by atoms with E-state index in [4.69, 9.17) is 0 Å². The van der Waals surface area contributed by atoms with E-state index >= 15 is 0 Å². The number of para-hydroxylation sites is 1. The summed E-state index contributed by atoms with van der Waals surface area (Å²) in [4.78, 5) is 39.3. The average Bonchev–Trinajstić information content (AvgIpc) is 2.79. The Hall–Kier alpha value is -4.00. The molecule has 156 valence electrons. The fourth-order valence-corrected chi connectivity index (χ4v) is 3.51. The number of rotatable bonds is 5. The first-order valence-corrected chi connectivity index (χ1v) is 9.80. The van der Waals surface area contributed by atoms with Gasteiger partial charge in [0.25, 0.3) is 5.56 Å². The molecule has 0 aliphatic heterocycles. The van der Waals surface area contributed by atoms with Crippen LogP contribution in [0.1, 0.15) is 18.5 Å². The summed E-state index contributed by atoms with van der Waals surface area (Å²) in [6.45, 7) is 1.68. The van der Waals surface area contributed by atoms with Gasteiger partial charge in [-0.2, -0.15) is 0 Å². The molecule has 3 aromatic carbocycles. The molecule has 0 aliphatic rings. The number of nitrogens with zero attached hydrogens (tertiary/aromatic N) is 2. The van der Waals surface area contributed by atoms with Crippen LogP contribution in [-0.2, 0) is 11.3 Å². The maximum Gasteiger partial charge on any atom is 0.332 e. The monoisotopic (exact) mass is 417 g/mol. The third kappa shape index (κ3) is 4.02. The summed E-state index contributed by atoms with van der Waals surface area (Å²) in [5.41, 5.74) is 0.602. The number of hydrogen-bond donors (Lipinski definition) is 1. The van der Waals surface area contributed by atoms with Gasteiger partial charge in [-0.1, -0.05) is 42.5 Å². The van der Waals surface area contributed by atoms with Crippen molar-refractivity contribution >= 4 is 22.5 Å². The number of amides is 1. The lowest BCUT2D eigenvalue weighted by Crippen LogP contribution is -2.43. The van der Waals surface area contributed by atoms with Crippen LogP contribution in [0.5, 0.6) is 0 Å². The molecule has 0 saturated carbocycles. The molecule has 6 nitrogen and oxygen atoms in total. The Morgan fingerprint density at radius 1 is 0.935 bits per heavy atom. The van der Waals surface area contributed by atoms with Crippen molar-refractivity contribution in [2.75, 3.05) is 5.32 Å². The van der Waals surface area contributed by atoms with Gasteiger partial charge in [0.15, 0.2) is 0 Å². The Morgan fingerprint density at radius 2 is 1.58 bits per heavy atom. The van der Waals surface area contributed by atoms with Crippen LogP contribution in [0.3, 0.4) is 0 Å². The lowest BCUT2D eigenvalue weighted by molar-refractivity contribution is -0.118. The molecule has 1 heterocycles. The van der Waals surface area contributed by atoms with E-state index in [9.17, 15) is 18.8 Å². The van der Waals surface area contributed by atoms with Gasteiger partial charge in [-0.05, 0) is 48.9 Å². The average molecular weight is 417 g/mol. The van der Waals surface area contributed by atoms with Crippen molar-refractivity contribution in [2.24, 2.45) is 0 Å². The zero-order valence-corrected chi connectivity index (χ0v) is 16.8. The normalized spacial score (nSPS) is 11.9.